The molecule has 0 atom stereocenters. The van der Waals surface area contributed by atoms with Crippen molar-refractivity contribution in [2.75, 3.05) is 18.8 Å². The van der Waals surface area contributed by atoms with Crippen LogP contribution in [0.3, 0.4) is 0 Å². The normalized spacial score (nSPS) is 15.8. The van der Waals surface area contributed by atoms with Crippen molar-refractivity contribution in [1.29, 1.82) is 0 Å². The number of nitrogens with one attached hydrogen (secondary N) is 2. The second kappa shape index (κ2) is 7.20. The van der Waals surface area contributed by atoms with Crippen molar-refractivity contribution in [1.82, 2.24) is 20.3 Å². The van der Waals surface area contributed by atoms with Crippen LogP contribution in [0.2, 0.25) is 0 Å². The molecule has 0 bridgehead atoms. The minimum absolute atomic E-state index is 0.0350. The fourth-order valence-electron chi connectivity index (χ4n) is 3.58. The Morgan fingerprint density at radius 1 is 1.19 bits per heavy atom. The zero-order valence-electron chi connectivity index (χ0n) is 16.5. The van der Waals surface area contributed by atoms with Gasteiger partial charge in [-0.15, -0.1) is 11.3 Å². The molecule has 1 aliphatic rings. The lowest BCUT2D eigenvalue weighted by Crippen LogP contribution is -2.56. The molecule has 4 aromatic rings. The Morgan fingerprint density at radius 2 is 1.94 bits per heavy atom. The molecule has 31 heavy (non-hydrogen) atoms. The summed E-state index contributed by atoms with van der Waals surface area (Å²) < 4.78 is 38.9. The summed E-state index contributed by atoms with van der Waals surface area (Å²) in [5.74, 6) is -0.441. The van der Waals surface area contributed by atoms with Crippen LogP contribution in [0.1, 0.15) is 11.9 Å². The predicted molar refractivity (Wildman–Crippen MR) is 117 cm³/mol. The molecular formula is C21H19FN4O3S2. The number of β-amino-alcohol motifs (C(OH)–C–C–N with tert-alkyl or cyclic N) is 1. The molecule has 0 spiro atoms. The molecule has 4 heterocycles. The highest BCUT2D eigenvalue weighted by Crippen LogP contribution is 2.39. The van der Waals surface area contributed by atoms with Gasteiger partial charge in [0.2, 0.25) is 0 Å². The Bertz CT molecular complexity index is 1390. The quantitative estimate of drug-likeness (QED) is 0.424. The summed E-state index contributed by atoms with van der Waals surface area (Å²) in [5.41, 5.74) is 1.34. The van der Waals surface area contributed by atoms with E-state index < -0.39 is 21.3 Å². The summed E-state index contributed by atoms with van der Waals surface area (Å²) in [5, 5.41) is 14.7. The number of aromatic amines is 1. The first kappa shape index (κ1) is 20.3. The van der Waals surface area contributed by atoms with Gasteiger partial charge in [0.15, 0.2) is 15.7 Å². The Hall–Kier alpha value is -2.66. The van der Waals surface area contributed by atoms with Crippen molar-refractivity contribution in [3.63, 3.8) is 0 Å². The van der Waals surface area contributed by atoms with E-state index in [1.54, 1.807) is 43.5 Å². The average Bonchev–Trinajstić information content (AvgIpc) is 3.40. The van der Waals surface area contributed by atoms with Crippen LogP contribution in [0.4, 0.5) is 4.39 Å². The van der Waals surface area contributed by atoms with Gasteiger partial charge in [-0.1, -0.05) is 19.1 Å². The average molecular weight is 459 g/mol. The molecule has 0 amide bonds. The molecule has 1 aliphatic heterocycles. The number of aromatic nitrogens is 3. The van der Waals surface area contributed by atoms with Gasteiger partial charge in [-0.05, 0) is 23.8 Å². The number of hydrogen-bond donors (Lipinski definition) is 3. The molecule has 3 aromatic heterocycles. The zero-order chi connectivity index (χ0) is 21.8. The van der Waals surface area contributed by atoms with Gasteiger partial charge in [0.25, 0.3) is 0 Å². The Kier molecular flexibility index (Phi) is 4.70. The van der Waals surface area contributed by atoms with E-state index >= 15 is 0 Å². The van der Waals surface area contributed by atoms with Gasteiger partial charge < -0.3 is 15.4 Å². The highest BCUT2D eigenvalue weighted by molar-refractivity contribution is 7.91. The van der Waals surface area contributed by atoms with Crippen molar-refractivity contribution in [3.05, 3.63) is 53.6 Å². The number of aliphatic hydroxyl groups is 1. The Morgan fingerprint density at radius 3 is 2.58 bits per heavy atom. The number of nitrogens with zero attached hydrogens (tertiary/aromatic N) is 2. The highest BCUT2D eigenvalue weighted by atomic mass is 32.2. The first-order valence-corrected chi connectivity index (χ1v) is 12.2. The summed E-state index contributed by atoms with van der Waals surface area (Å²) in [6.45, 7) is 2.45. The third-order valence-corrected chi connectivity index (χ3v) is 8.46. The number of rotatable bonds is 5. The lowest BCUT2D eigenvalue weighted by atomic mass is 9.99. The van der Waals surface area contributed by atoms with Gasteiger partial charge in [-0.2, -0.15) is 0 Å². The van der Waals surface area contributed by atoms with Crippen LogP contribution in [0.25, 0.3) is 32.7 Å². The first-order chi connectivity index (χ1) is 14.8. The van der Waals surface area contributed by atoms with E-state index in [0.717, 1.165) is 11.8 Å². The summed E-state index contributed by atoms with van der Waals surface area (Å²) in [6, 6.07) is 8.36. The number of benzene rings is 1. The number of hydrogen-bond acceptors (Lipinski definition) is 7. The number of fused-ring (bicyclic) bond motifs is 1. The lowest BCUT2D eigenvalue weighted by molar-refractivity contribution is -0.0148. The summed E-state index contributed by atoms with van der Waals surface area (Å²) >= 11 is 1.26. The zero-order valence-corrected chi connectivity index (χ0v) is 18.1. The molecule has 0 saturated carbocycles. The highest BCUT2D eigenvalue weighted by Gasteiger charge is 2.39. The number of halogens is 1. The van der Waals surface area contributed by atoms with Gasteiger partial charge in [-0.25, -0.2) is 22.8 Å². The van der Waals surface area contributed by atoms with Crippen LogP contribution in [-0.4, -0.2) is 47.3 Å². The fraction of sp³-hybridized carbons (Fsp3) is 0.238. The maximum Gasteiger partial charge on any atom is 0.178 e. The minimum atomic E-state index is -3.28. The number of thiazole rings is 1. The summed E-state index contributed by atoms with van der Waals surface area (Å²) in [4.78, 5) is 12.5. The first-order valence-electron chi connectivity index (χ1n) is 9.71. The van der Waals surface area contributed by atoms with Crippen LogP contribution >= 0.6 is 11.3 Å². The van der Waals surface area contributed by atoms with Gasteiger partial charge in [0.1, 0.15) is 16.3 Å². The molecule has 160 valence electrons. The monoisotopic (exact) mass is 458 g/mol. The van der Waals surface area contributed by atoms with Crippen LogP contribution in [0.15, 0.2) is 47.6 Å². The molecule has 10 heteroatoms. The maximum atomic E-state index is 14.8. The molecule has 0 radical (unpaired) electrons. The van der Waals surface area contributed by atoms with Crippen LogP contribution in [-0.2, 0) is 15.4 Å². The molecule has 1 saturated heterocycles. The Balaban J connectivity index is 1.57. The summed E-state index contributed by atoms with van der Waals surface area (Å²) in [7, 11) is -3.28. The van der Waals surface area contributed by atoms with Crippen molar-refractivity contribution in [3.8, 4) is 21.7 Å². The second-order valence-electron chi connectivity index (χ2n) is 7.52. The third-order valence-electron chi connectivity index (χ3n) is 5.50. The van der Waals surface area contributed by atoms with Crippen molar-refractivity contribution in [2.24, 2.45) is 0 Å². The van der Waals surface area contributed by atoms with Crippen molar-refractivity contribution >= 4 is 32.2 Å². The number of pyridine rings is 1. The molecule has 5 rings (SSSR count). The van der Waals surface area contributed by atoms with Crippen LogP contribution in [0, 0.1) is 5.82 Å². The maximum absolute atomic E-state index is 14.8. The molecule has 3 N–H and O–H groups in total. The molecule has 0 aliphatic carbocycles. The van der Waals surface area contributed by atoms with E-state index in [1.807, 2.05) is 0 Å². The lowest BCUT2D eigenvalue weighted by Gasteiger charge is -2.35. The van der Waals surface area contributed by atoms with E-state index in [1.165, 1.54) is 11.3 Å². The van der Waals surface area contributed by atoms with Crippen molar-refractivity contribution < 1.29 is 17.9 Å². The van der Waals surface area contributed by atoms with E-state index in [0.29, 0.717) is 45.3 Å². The van der Waals surface area contributed by atoms with Crippen LogP contribution in [0.5, 0.6) is 0 Å². The fourth-order valence-corrected chi connectivity index (χ4v) is 5.53. The van der Waals surface area contributed by atoms with Crippen LogP contribution < -0.4 is 5.32 Å². The van der Waals surface area contributed by atoms with Gasteiger partial charge >= 0.3 is 0 Å². The number of sulfone groups is 1. The molecule has 0 unspecified atom stereocenters. The smallest absolute Gasteiger partial charge is 0.178 e. The second-order valence-corrected chi connectivity index (χ2v) is 10.8. The predicted octanol–water partition coefficient (Wildman–Crippen LogP) is 3.08. The molecule has 7 nitrogen and oxygen atoms in total. The van der Waals surface area contributed by atoms with Gasteiger partial charge in [-0.3, -0.25) is 0 Å². The SMILES string of the molecule is CCS(=O)(=O)c1ccc(-c2cc3c(-c4cnc(C5(O)CNC5)s4)c(F)cnc3[nH]2)cc1. The minimum Gasteiger partial charge on any atom is -0.380 e. The van der Waals surface area contributed by atoms with E-state index in [-0.39, 0.29) is 10.6 Å². The van der Waals surface area contributed by atoms with Crippen molar-refractivity contribution in [2.45, 2.75) is 17.4 Å². The topological polar surface area (TPSA) is 108 Å². The number of H-pyrrole nitrogens is 1. The van der Waals surface area contributed by atoms with Gasteiger partial charge in [0, 0.05) is 35.9 Å². The molecular weight excluding hydrogens is 439 g/mol. The molecule has 1 aromatic carbocycles. The van der Waals surface area contributed by atoms with Gasteiger partial charge in [0.05, 0.1) is 21.7 Å². The Labute approximate surface area is 181 Å². The molecule has 1 fully saturated rings. The third kappa shape index (κ3) is 3.35. The summed E-state index contributed by atoms with van der Waals surface area (Å²) in [6.07, 6.45) is 2.74. The van der Waals surface area contributed by atoms with E-state index in [2.05, 4.69) is 20.3 Å². The van der Waals surface area contributed by atoms with E-state index in [9.17, 15) is 17.9 Å². The largest absolute Gasteiger partial charge is 0.380 e. The van der Waals surface area contributed by atoms with E-state index in [4.69, 9.17) is 0 Å². The standard InChI is InChI=1S/C21H19FN4O3S2/c1-2-31(28,29)13-5-3-12(4-6-13)16-7-14-18(15(22)8-24-19(14)26-16)17-9-25-20(30-17)21(27)10-23-11-21/h3-9,23,27H,2,10-11H2,1H3,(H,24,26).